The summed E-state index contributed by atoms with van der Waals surface area (Å²) >= 11 is 0. The molecule has 0 bridgehead atoms. The molecule has 0 saturated heterocycles. The highest BCUT2D eigenvalue weighted by Gasteiger charge is 2.08. The van der Waals surface area contributed by atoms with Gasteiger partial charge in [-0.3, -0.25) is 4.79 Å². The SMILES string of the molecule is Cc1ccc(C(=O)/C=C(/Nc2ncccc2N)C(=O)[O-])cc1. The Kier molecular flexibility index (Phi) is 4.53. The summed E-state index contributed by atoms with van der Waals surface area (Å²) in [6.45, 7) is 1.89. The summed E-state index contributed by atoms with van der Waals surface area (Å²) in [5, 5.41) is 13.7. The van der Waals surface area contributed by atoms with Gasteiger partial charge in [-0.15, -0.1) is 0 Å². The third kappa shape index (κ3) is 3.69. The van der Waals surface area contributed by atoms with Crippen molar-refractivity contribution in [2.24, 2.45) is 0 Å². The number of hydrogen-bond donors (Lipinski definition) is 2. The van der Waals surface area contributed by atoms with E-state index in [-0.39, 0.29) is 11.5 Å². The van der Waals surface area contributed by atoms with Gasteiger partial charge in [0.1, 0.15) is 0 Å². The number of aryl methyl sites for hydroxylation is 1. The van der Waals surface area contributed by atoms with Crippen LogP contribution < -0.4 is 16.2 Å². The van der Waals surface area contributed by atoms with Crippen LogP contribution >= 0.6 is 0 Å². The molecule has 3 N–H and O–H groups in total. The zero-order chi connectivity index (χ0) is 16.1. The minimum absolute atomic E-state index is 0.148. The summed E-state index contributed by atoms with van der Waals surface area (Å²) in [5.74, 6) is -1.83. The van der Waals surface area contributed by atoms with Gasteiger partial charge in [0.05, 0.1) is 17.4 Å². The molecule has 1 aromatic heterocycles. The molecule has 0 aliphatic rings. The van der Waals surface area contributed by atoms with Crippen LogP contribution in [0.3, 0.4) is 0 Å². The fraction of sp³-hybridized carbons (Fsp3) is 0.0625. The van der Waals surface area contributed by atoms with Crippen LogP contribution in [0.2, 0.25) is 0 Å². The molecule has 1 heterocycles. The lowest BCUT2D eigenvalue weighted by Gasteiger charge is -2.12. The smallest absolute Gasteiger partial charge is 0.187 e. The van der Waals surface area contributed by atoms with Crippen LogP contribution in [-0.2, 0) is 4.79 Å². The van der Waals surface area contributed by atoms with E-state index in [4.69, 9.17) is 5.73 Å². The van der Waals surface area contributed by atoms with Crippen LogP contribution in [0.1, 0.15) is 15.9 Å². The first-order valence-corrected chi connectivity index (χ1v) is 6.49. The Balaban J connectivity index is 2.27. The normalized spacial score (nSPS) is 11.0. The number of carbonyl (C=O) groups is 2. The van der Waals surface area contributed by atoms with Gasteiger partial charge in [-0.2, -0.15) is 0 Å². The average Bonchev–Trinajstić information content (AvgIpc) is 2.49. The lowest BCUT2D eigenvalue weighted by molar-refractivity contribution is -0.299. The van der Waals surface area contributed by atoms with Gasteiger partial charge >= 0.3 is 0 Å². The third-order valence-electron chi connectivity index (χ3n) is 2.92. The van der Waals surface area contributed by atoms with Crippen LogP contribution in [0.4, 0.5) is 11.5 Å². The van der Waals surface area contributed by atoms with Gasteiger partial charge < -0.3 is 21.0 Å². The first kappa shape index (κ1) is 15.2. The maximum absolute atomic E-state index is 12.1. The number of nitrogens with one attached hydrogen (secondary N) is 1. The zero-order valence-electron chi connectivity index (χ0n) is 11.9. The minimum atomic E-state index is -1.52. The van der Waals surface area contributed by atoms with Crippen molar-refractivity contribution in [2.75, 3.05) is 11.1 Å². The number of nitrogens with two attached hydrogens (primary N) is 1. The van der Waals surface area contributed by atoms with Crippen LogP contribution in [0, 0.1) is 6.92 Å². The molecule has 0 spiro atoms. The second-order valence-electron chi connectivity index (χ2n) is 4.64. The number of allylic oxidation sites excluding steroid dienone is 1. The van der Waals surface area contributed by atoms with Gasteiger partial charge in [0.15, 0.2) is 11.6 Å². The Morgan fingerprint density at radius 2 is 1.91 bits per heavy atom. The molecule has 0 aliphatic carbocycles. The van der Waals surface area contributed by atoms with E-state index in [1.165, 1.54) is 6.20 Å². The molecule has 0 saturated carbocycles. The lowest BCUT2D eigenvalue weighted by Crippen LogP contribution is -2.29. The fourth-order valence-corrected chi connectivity index (χ4v) is 1.73. The van der Waals surface area contributed by atoms with E-state index in [2.05, 4.69) is 10.3 Å². The van der Waals surface area contributed by atoms with Gasteiger partial charge in [0.25, 0.3) is 0 Å². The maximum atomic E-state index is 12.1. The number of nitrogen functional groups attached to an aromatic ring is 1. The molecule has 0 aliphatic heterocycles. The Labute approximate surface area is 127 Å². The number of nitrogens with zero attached hydrogens (tertiary/aromatic N) is 1. The highest BCUT2D eigenvalue weighted by Crippen LogP contribution is 2.16. The van der Waals surface area contributed by atoms with E-state index in [1.807, 2.05) is 6.92 Å². The number of benzene rings is 1. The van der Waals surface area contributed by atoms with Crippen LogP contribution in [0.15, 0.2) is 54.4 Å². The molecule has 6 heteroatoms. The number of carbonyl (C=O) groups excluding carboxylic acids is 2. The van der Waals surface area contributed by atoms with Crippen molar-refractivity contribution in [1.82, 2.24) is 4.98 Å². The van der Waals surface area contributed by atoms with E-state index < -0.39 is 17.4 Å². The summed E-state index contributed by atoms with van der Waals surface area (Å²) < 4.78 is 0. The molecule has 22 heavy (non-hydrogen) atoms. The highest BCUT2D eigenvalue weighted by atomic mass is 16.4. The third-order valence-corrected chi connectivity index (χ3v) is 2.92. The van der Waals surface area contributed by atoms with Gasteiger partial charge in [0.2, 0.25) is 0 Å². The Bertz CT molecular complexity index is 737. The van der Waals surface area contributed by atoms with Crippen LogP contribution in [0.5, 0.6) is 0 Å². The van der Waals surface area contributed by atoms with Crippen molar-refractivity contribution in [3.05, 3.63) is 65.5 Å². The van der Waals surface area contributed by atoms with E-state index >= 15 is 0 Å². The van der Waals surface area contributed by atoms with E-state index in [0.29, 0.717) is 5.56 Å². The first-order chi connectivity index (χ1) is 10.5. The second kappa shape index (κ2) is 6.53. The molecular formula is C16H14N3O3-. The van der Waals surface area contributed by atoms with Crippen molar-refractivity contribution >= 4 is 23.3 Å². The number of carboxylic acids is 1. The number of pyridine rings is 1. The molecule has 0 radical (unpaired) electrons. The predicted octanol–water partition coefficient (Wildman–Crippen LogP) is 0.901. The summed E-state index contributed by atoms with van der Waals surface area (Å²) in [6, 6.07) is 9.95. The topological polar surface area (TPSA) is 108 Å². The number of aliphatic carboxylic acids is 1. The standard InChI is InChI=1S/C16H15N3O3/c1-10-4-6-11(7-5-10)14(20)9-13(16(21)22)19-15-12(17)3-2-8-18-15/h2-9H,17H2,1H3,(H,18,19)(H,21,22)/p-1/b13-9+. The fourth-order valence-electron chi connectivity index (χ4n) is 1.73. The predicted molar refractivity (Wildman–Crippen MR) is 80.9 cm³/mol. The lowest BCUT2D eigenvalue weighted by atomic mass is 10.1. The Hall–Kier alpha value is -3.15. The van der Waals surface area contributed by atoms with Crippen molar-refractivity contribution in [1.29, 1.82) is 0 Å². The number of rotatable bonds is 5. The van der Waals surface area contributed by atoms with Crippen molar-refractivity contribution < 1.29 is 14.7 Å². The molecule has 1 aromatic carbocycles. The summed E-state index contributed by atoms with van der Waals surface area (Å²) in [7, 11) is 0. The number of carboxylic acid groups (broad SMARTS) is 1. The summed E-state index contributed by atoms with van der Waals surface area (Å²) in [5.41, 5.74) is 6.91. The van der Waals surface area contributed by atoms with Crippen molar-refractivity contribution in [3.8, 4) is 0 Å². The number of anilines is 2. The van der Waals surface area contributed by atoms with Gasteiger partial charge in [-0.05, 0) is 19.1 Å². The quantitative estimate of drug-likeness (QED) is 0.627. The zero-order valence-corrected chi connectivity index (χ0v) is 11.9. The molecule has 2 aromatic rings. The van der Waals surface area contributed by atoms with Crippen molar-refractivity contribution in [3.63, 3.8) is 0 Å². The molecular weight excluding hydrogens is 282 g/mol. The average molecular weight is 296 g/mol. The van der Waals surface area contributed by atoms with E-state index in [1.54, 1.807) is 36.4 Å². The van der Waals surface area contributed by atoms with E-state index in [0.717, 1.165) is 11.6 Å². The summed E-state index contributed by atoms with van der Waals surface area (Å²) in [4.78, 5) is 27.2. The van der Waals surface area contributed by atoms with Crippen molar-refractivity contribution in [2.45, 2.75) is 6.92 Å². The van der Waals surface area contributed by atoms with Gasteiger partial charge in [-0.1, -0.05) is 29.8 Å². The number of hydrogen-bond acceptors (Lipinski definition) is 6. The molecule has 112 valence electrons. The molecule has 2 rings (SSSR count). The van der Waals surface area contributed by atoms with Crippen LogP contribution in [-0.4, -0.2) is 16.7 Å². The molecule has 0 fully saturated rings. The molecule has 0 amide bonds. The Morgan fingerprint density at radius 3 is 2.50 bits per heavy atom. The van der Waals surface area contributed by atoms with Gasteiger partial charge in [0, 0.05) is 17.8 Å². The number of aromatic nitrogens is 1. The maximum Gasteiger partial charge on any atom is 0.187 e. The molecule has 6 nitrogen and oxygen atoms in total. The Morgan fingerprint density at radius 1 is 1.23 bits per heavy atom. The largest absolute Gasteiger partial charge is 0.543 e. The molecule has 0 atom stereocenters. The second-order valence-corrected chi connectivity index (χ2v) is 4.64. The summed E-state index contributed by atoms with van der Waals surface area (Å²) in [6.07, 6.45) is 2.40. The van der Waals surface area contributed by atoms with E-state index in [9.17, 15) is 14.7 Å². The number of ketones is 1. The van der Waals surface area contributed by atoms with Gasteiger partial charge in [-0.25, -0.2) is 4.98 Å². The monoisotopic (exact) mass is 296 g/mol. The highest BCUT2D eigenvalue weighted by molar-refractivity contribution is 6.09. The molecule has 0 unspecified atom stereocenters. The first-order valence-electron chi connectivity index (χ1n) is 6.49. The van der Waals surface area contributed by atoms with Crippen LogP contribution in [0.25, 0.3) is 0 Å². The minimum Gasteiger partial charge on any atom is -0.543 e.